The van der Waals surface area contributed by atoms with Crippen molar-refractivity contribution in [3.8, 4) is 11.5 Å². The molecule has 5 nitrogen and oxygen atoms in total. The summed E-state index contributed by atoms with van der Waals surface area (Å²) in [5, 5.41) is 12.6. The summed E-state index contributed by atoms with van der Waals surface area (Å²) in [4.78, 5) is 0. The molecule has 0 amide bonds. The van der Waals surface area contributed by atoms with E-state index in [9.17, 15) is 13.9 Å². The summed E-state index contributed by atoms with van der Waals surface area (Å²) in [6.07, 6.45) is -4.23. The average molecular weight is 259 g/mol. The highest BCUT2D eigenvalue weighted by Gasteiger charge is 2.43. The SMILES string of the molecule is OC1COCC1Nc1ccc2c(c1)OC(F)(F)O2. The topological polar surface area (TPSA) is 60.0 Å². The molecule has 0 radical (unpaired) electrons. The molecule has 0 bridgehead atoms. The number of alkyl halides is 2. The molecule has 2 aliphatic heterocycles. The number of hydrogen-bond acceptors (Lipinski definition) is 5. The maximum absolute atomic E-state index is 12.8. The van der Waals surface area contributed by atoms with Crippen LogP contribution in [0.2, 0.25) is 0 Å². The Morgan fingerprint density at radius 2 is 2.00 bits per heavy atom. The van der Waals surface area contributed by atoms with Crippen LogP contribution in [0.25, 0.3) is 0 Å². The standard InChI is InChI=1S/C11H11F2NO4/c12-11(13)17-9-2-1-6(3-10(9)18-11)14-7-4-16-5-8(7)15/h1-3,7-8,14-15H,4-5H2. The van der Waals surface area contributed by atoms with Gasteiger partial charge in [-0.2, -0.15) is 0 Å². The molecule has 0 spiro atoms. The van der Waals surface area contributed by atoms with Gasteiger partial charge >= 0.3 is 6.29 Å². The second-order valence-corrected chi connectivity index (χ2v) is 4.18. The van der Waals surface area contributed by atoms with E-state index >= 15 is 0 Å². The number of ether oxygens (including phenoxy) is 3. The highest BCUT2D eigenvalue weighted by atomic mass is 19.3. The predicted octanol–water partition coefficient (Wildman–Crippen LogP) is 1.18. The predicted molar refractivity (Wildman–Crippen MR) is 56.9 cm³/mol. The van der Waals surface area contributed by atoms with Crippen LogP contribution in [-0.2, 0) is 4.74 Å². The maximum atomic E-state index is 12.8. The Hall–Kier alpha value is -1.60. The molecule has 2 aliphatic rings. The lowest BCUT2D eigenvalue weighted by Gasteiger charge is -2.15. The van der Waals surface area contributed by atoms with Crippen molar-refractivity contribution >= 4 is 5.69 Å². The summed E-state index contributed by atoms with van der Waals surface area (Å²) in [5.74, 6) is -0.0350. The third-order valence-electron chi connectivity index (χ3n) is 2.80. The van der Waals surface area contributed by atoms with Crippen LogP contribution >= 0.6 is 0 Å². The maximum Gasteiger partial charge on any atom is 0.586 e. The van der Waals surface area contributed by atoms with Gasteiger partial charge in [-0.3, -0.25) is 0 Å². The molecule has 1 aromatic carbocycles. The van der Waals surface area contributed by atoms with Gasteiger partial charge in [-0.25, -0.2) is 0 Å². The number of aliphatic hydroxyl groups is 1. The second kappa shape index (κ2) is 3.96. The Morgan fingerprint density at radius 3 is 2.72 bits per heavy atom. The molecule has 98 valence electrons. The number of rotatable bonds is 2. The Morgan fingerprint density at radius 1 is 1.22 bits per heavy atom. The van der Waals surface area contributed by atoms with Gasteiger partial charge in [-0.05, 0) is 12.1 Å². The van der Waals surface area contributed by atoms with E-state index in [2.05, 4.69) is 14.8 Å². The summed E-state index contributed by atoms with van der Waals surface area (Å²) in [7, 11) is 0. The molecule has 0 saturated carbocycles. The van der Waals surface area contributed by atoms with Crippen LogP contribution in [0.3, 0.4) is 0 Å². The first kappa shape index (κ1) is 11.5. The minimum atomic E-state index is -3.61. The minimum Gasteiger partial charge on any atom is -0.395 e. The van der Waals surface area contributed by atoms with E-state index in [1.54, 1.807) is 6.07 Å². The fourth-order valence-corrected chi connectivity index (χ4v) is 1.93. The molecule has 2 unspecified atom stereocenters. The third kappa shape index (κ3) is 2.06. The lowest BCUT2D eigenvalue weighted by atomic mass is 10.2. The molecule has 18 heavy (non-hydrogen) atoms. The van der Waals surface area contributed by atoms with E-state index < -0.39 is 12.4 Å². The van der Waals surface area contributed by atoms with Crippen LogP contribution in [-0.4, -0.2) is 36.8 Å². The minimum absolute atomic E-state index is 0.00577. The first-order chi connectivity index (χ1) is 8.53. The first-order valence-electron chi connectivity index (χ1n) is 5.46. The number of anilines is 1. The average Bonchev–Trinajstić information content (AvgIpc) is 2.80. The number of aliphatic hydroxyl groups excluding tert-OH is 1. The van der Waals surface area contributed by atoms with Crippen LogP contribution in [0, 0.1) is 0 Å². The summed E-state index contributed by atoms with van der Waals surface area (Å²) in [5.41, 5.74) is 0.560. The number of benzene rings is 1. The van der Waals surface area contributed by atoms with Gasteiger partial charge in [-0.1, -0.05) is 0 Å². The summed E-state index contributed by atoms with van der Waals surface area (Å²) < 4.78 is 39.3. The Labute approximate surface area is 101 Å². The summed E-state index contributed by atoms with van der Waals surface area (Å²) in [6.45, 7) is 0.631. The van der Waals surface area contributed by atoms with Crippen molar-refractivity contribution in [3.63, 3.8) is 0 Å². The van der Waals surface area contributed by atoms with Crippen LogP contribution in [0.4, 0.5) is 14.5 Å². The van der Waals surface area contributed by atoms with Gasteiger partial charge < -0.3 is 24.6 Å². The molecule has 2 heterocycles. The van der Waals surface area contributed by atoms with Crippen LogP contribution < -0.4 is 14.8 Å². The largest absolute Gasteiger partial charge is 0.586 e. The van der Waals surface area contributed by atoms with Gasteiger partial charge in [0, 0.05) is 11.8 Å². The number of fused-ring (bicyclic) bond motifs is 1. The molecular weight excluding hydrogens is 248 g/mol. The molecular formula is C11H11F2NO4. The van der Waals surface area contributed by atoms with Gasteiger partial charge in [0.1, 0.15) is 0 Å². The normalized spacial score (nSPS) is 28.4. The quantitative estimate of drug-likeness (QED) is 0.835. The molecule has 2 N–H and O–H groups in total. The first-order valence-corrected chi connectivity index (χ1v) is 5.46. The van der Waals surface area contributed by atoms with Crippen molar-refractivity contribution in [2.24, 2.45) is 0 Å². The van der Waals surface area contributed by atoms with E-state index in [1.807, 2.05) is 0 Å². The van der Waals surface area contributed by atoms with Gasteiger partial charge in [-0.15, -0.1) is 8.78 Å². The highest BCUT2D eigenvalue weighted by molar-refractivity contribution is 5.56. The van der Waals surface area contributed by atoms with Crippen molar-refractivity contribution in [2.45, 2.75) is 18.4 Å². The molecule has 0 aliphatic carbocycles. The van der Waals surface area contributed by atoms with Crippen molar-refractivity contribution in [1.29, 1.82) is 0 Å². The van der Waals surface area contributed by atoms with E-state index in [0.29, 0.717) is 12.3 Å². The summed E-state index contributed by atoms with van der Waals surface area (Å²) in [6, 6.07) is 4.11. The molecule has 2 atom stereocenters. The van der Waals surface area contributed by atoms with Gasteiger partial charge in [0.25, 0.3) is 0 Å². The second-order valence-electron chi connectivity index (χ2n) is 4.18. The molecule has 7 heteroatoms. The lowest BCUT2D eigenvalue weighted by molar-refractivity contribution is -0.286. The lowest BCUT2D eigenvalue weighted by Crippen LogP contribution is -2.31. The van der Waals surface area contributed by atoms with Gasteiger partial charge in [0.05, 0.1) is 25.4 Å². The smallest absolute Gasteiger partial charge is 0.395 e. The van der Waals surface area contributed by atoms with Crippen molar-refractivity contribution in [1.82, 2.24) is 0 Å². The number of halogens is 2. The van der Waals surface area contributed by atoms with Gasteiger partial charge in [0.2, 0.25) is 0 Å². The van der Waals surface area contributed by atoms with Crippen molar-refractivity contribution in [3.05, 3.63) is 18.2 Å². The number of nitrogens with one attached hydrogen (secondary N) is 1. The van der Waals surface area contributed by atoms with E-state index in [1.165, 1.54) is 12.1 Å². The van der Waals surface area contributed by atoms with E-state index in [0.717, 1.165) is 0 Å². The van der Waals surface area contributed by atoms with Crippen molar-refractivity contribution < 1.29 is 28.1 Å². The van der Waals surface area contributed by atoms with E-state index in [-0.39, 0.29) is 24.1 Å². The molecule has 3 rings (SSSR count). The van der Waals surface area contributed by atoms with Crippen LogP contribution in [0.5, 0.6) is 11.5 Å². The zero-order valence-corrected chi connectivity index (χ0v) is 9.23. The van der Waals surface area contributed by atoms with Crippen LogP contribution in [0.15, 0.2) is 18.2 Å². The van der Waals surface area contributed by atoms with Crippen molar-refractivity contribution in [2.75, 3.05) is 18.5 Å². The monoisotopic (exact) mass is 259 g/mol. The fraction of sp³-hybridized carbons (Fsp3) is 0.455. The Kier molecular flexibility index (Phi) is 2.53. The molecule has 1 aromatic rings. The molecule has 1 saturated heterocycles. The Bertz CT molecular complexity index is 468. The third-order valence-corrected chi connectivity index (χ3v) is 2.80. The Balaban J connectivity index is 1.76. The summed E-state index contributed by atoms with van der Waals surface area (Å²) >= 11 is 0. The zero-order chi connectivity index (χ0) is 12.8. The van der Waals surface area contributed by atoms with E-state index in [4.69, 9.17) is 4.74 Å². The van der Waals surface area contributed by atoms with Gasteiger partial charge in [0.15, 0.2) is 11.5 Å². The number of hydrogen-bond donors (Lipinski definition) is 2. The highest BCUT2D eigenvalue weighted by Crippen LogP contribution is 2.42. The molecule has 1 fully saturated rings. The fourth-order valence-electron chi connectivity index (χ4n) is 1.93. The van der Waals surface area contributed by atoms with Crippen LogP contribution in [0.1, 0.15) is 0 Å². The zero-order valence-electron chi connectivity index (χ0n) is 9.23. The molecule has 0 aromatic heterocycles.